The maximum atomic E-state index is 13.2. The lowest BCUT2D eigenvalue weighted by atomic mass is 9.96. The summed E-state index contributed by atoms with van der Waals surface area (Å²) in [5.41, 5.74) is 1.20. The van der Waals surface area contributed by atoms with E-state index < -0.39 is 17.7 Å². The number of rotatable bonds is 5. The molecule has 0 bridgehead atoms. The molecule has 0 aliphatic carbocycles. The van der Waals surface area contributed by atoms with Gasteiger partial charge in [-0.15, -0.1) is 0 Å². The van der Waals surface area contributed by atoms with Crippen LogP contribution < -0.4 is 5.32 Å². The maximum absolute atomic E-state index is 13.2. The fraction of sp³-hybridized carbons (Fsp3) is 0.381. The number of nitrogens with zero attached hydrogens (tertiary/aromatic N) is 1. The van der Waals surface area contributed by atoms with Crippen molar-refractivity contribution in [2.45, 2.75) is 38.0 Å². The zero-order valence-electron chi connectivity index (χ0n) is 15.5. The summed E-state index contributed by atoms with van der Waals surface area (Å²) < 4.78 is 39.6. The van der Waals surface area contributed by atoms with Crippen molar-refractivity contribution in [3.63, 3.8) is 0 Å². The molecule has 28 heavy (non-hydrogen) atoms. The minimum atomic E-state index is -4.40. The molecule has 0 saturated carbocycles. The summed E-state index contributed by atoms with van der Waals surface area (Å²) in [6.07, 6.45) is -2.95. The molecule has 7 heteroatoms. The van der Waals surface area contributed by atoms with Gasteiger partial charge in [-0.25, -0.2) is 0 Å². The summed E-state index contributed by atoms with van der Waals surface area (Å²) in [5.74, 6) is -0.854. The van der Waals surface area contributed by atoms with Crippen LogP contribution in [0.4, 0.5) is 18.9 Å². The zero-order valence-corrected chi connectivity index (χ0v) is 15.5. The van der Waals surface area contributed by atoms with E-state index in [9.17, 15) is 18.0 Å². The van der Waals surface area contributed by atoms with Crippen LogP contribution in [0.25, 0.3) is 11.1 Å². The standard InChI is InChI=1S/C21H23F3N2O2/c1-14-11-17(9-10-26(14)13-20(27)28)25-19-8-7-16(21(22,23)24)12-18(19)15-5-3-2-4-6-15/h2-8,12,14,17,25H,9-11,13H2,1H3,(H,27,28). The van der Waals surface area contributed by atoms with E-state index in [-0.39, 0.29) is 18.6 Å². The third-order valence-electron chi connectivity index (χ3n) is 5.14. The smallest absolute Gasteiger partial charge is 0.416 e. The number of benzene rings is 2. The van der Waals surface area contributed by atoms with Crippen LogP contribution in [0, 0.1) is 0 Å². The minimum absolute atomic E-state index is 0.00340. The van der Waals surface area contributed by atoms with Gasteiger partial charge >= 0.3 is 12.1 Å². The van der Waals surface area contributed by atoms with E-state index in [0.717, 1.165) is 18.9 Å². The van der Waals surface area contributed by atoms with E-state index in [0.29, 0.717) is 23.4 Å². The lowest BCUT2D eigenvalue weighted by Crippen LogP contribution is -2.46. The molecule has 1 aliphatic heterocycles. The van der Waals surface area contributed by atoms with Crippen molar-refractivity contribution >= 4 is 11.7 Å². The Hall–Kier alpha value is -2.54. The molecule has 2 atom stereocenters. The fourth-order valence-corrected chi connectivity index (χ4v) is 3.68. The number of anilines is 1. The van der Waals surface area contributed by atoms with Crippen molar-refractivity contribution in [1.82, 2.24) is 4.90 Å². The number of piperidine rings is 1. The van der Waals surface area contributed by atoms with E-state index in [4.69, 9.17) is 5.11 Å². The first-order chi connectivity index (χ1) is 13.2. The Morgan fingerprint density at radius 1 is 1.21 bits per heavy atom. The van der Waals surface area contributed by atoms with Gasteiger partial charge in [-0.05, 0) is 43.5 Å². The molecule has 1 aliphatic rings. The second-order valence-corrected chi connectivity index (χ2v) is 7.20. The molecule has 0 radical (unpaired) electrons. The summed E-state index contributed by atoms with van der Waals surface area (Å²) in [4.78, 5) is 12.9. The fourth-order valence-electron chi connectivity index (χ4n) is 3.68. The highest BCUT2D eigenvalue weighted by Gasteiger charge is 2.32. The first-order valence-electron chi connectivity index (χ1n) is 9.23. The molecule has 1 fully saturated rings. The highest BCUT2D eigenvalue weighted by molar-refractivity contribution is 5.79. The summed E-state index contributed by atoms with van der Waals surface area (Å²) >= 11 is 0. The Morgan fingerprint density at radius 3 is 2.54 bits per heavy atom. The number of hydrogen-bond donors (Lipinski definition) is 2. The summed E-state index contributed by atoms with van der Waals surface area (Å²) in [6.45, 7) is 2.61. The van der Waals surface area contributed by atoms with Gasteiger partial charge in [-0.3, -0.25) is 9.69 Å². The molecule has 1 saturated heterocycles. The van der Waals surface area contributed by atoms with E-state index in [2.05, 4.69) is 5.32 Å². The monoisotopic (exact) mass is 392 g/mol. The van der Waals surface area contributed by atoms with Gasteiger partial charge in [-0.1, -0.05) is 30.3 Å². The van der Waals surface area contributed by atoms with Crippen LogP contribution in [0.1, 0.15) is 25.3 Å². The van der Waals surface area contributed by atoms with Gasteiger partial charge in [-0.2, -0.15) is 13.2 Å². The van der Waals surface area contributed by atoms with Crippen molar-refractivity contribution in [2.75, 3.05) is 18.4 Å². The first-order valence-corrected chi connectivity index (χ1v) is 9.23. The van der Waals surface area contributed by atoms with Crippen LogP contribution >= 0.6 is 0 Å². The maximum Gasteiger partial charge on any atom is 0.416 e. The van der Waals surface area contributed by atoms with Gasteiger partial charge in [0.25, 0.3) is 0 Å². The van der Waals surface area contributed by atoms with Gasteiger partial charge in [0.1, 0.15) is 0 Å². The molecule has 150 valence electrons. The second kappa shape index (κ2) is 8.22. The molecular formula is C21H23F3N2O2. The SMILES string of the molecule is CC1CC(Nc2ccc(C(F)(F)F)cc2-c2ccccc2)CCN1CC(=O)O. The number of halogens is 3. The summed E-state index contributed by atoms with van der Waals surface area (Å²) in [7, 11) is 0. The lowest BCUT2D eigenvalue weighted by Gasteiger charge is -2.37. The van der Waals surface area contributed by atoms with Crippen LogP contribution in [-0.4, -0.2) is 41.1 Å². The average molecular weight is 392 g/mol. The molecule has 0 amide bonds. The van der Waals surface area contributed by atoms with Crippen molar-refractivity contribution in [3.8, 4) is 11.1 Å². The van der Waals surface area contributed by atoms with E-state index in [1.807, 2.05) is 17.9 Å². The number of carboxylic acids is 1. The predicted molar refractivity (Wildman–Crippen MR) is 102 cm³/mol. The summed E-state index contributed by atoms with van der Waals surface area (Å²) in [5, 5.41) is 12.4. The zero-order chi connectivity index (χ0) is 20.3. The normalized spacial score (nSPS) is 20.7. The lowest BCUT2D eigenvalue weighted by molar-refractivity contribution is -0.139. The van der Waals surface area contributed by atoms with Crippen LogP contribution in [0.2, 0.25) is 0 Å². The van der Waals surface area contributed by atoms with Crippen LogP contribution in [0.3, 0.4) is 0 Å². The van der Waals surface area contributed by atoms with Gasteiger partial charge in [0.2, 0.25) is 0 Å². The van der Waals surface area contributed by atoms with Crippen molar-refractivity contribution in [1.29, 1.82) is 0 Å². The topological polar surface area (TPSA) is 52.6 Å². The summed E-state index contributed by atoms with van der Waals surface area (Å²) in [6, 6.07) is 12.9. The van der Waals surface area contributed by atoms with Crippen molar-refractivity contribution < 1.29 is 23.1 Å². The molecule has 2 aromatic carbocycles. The molecule has 2 N–H and O–H groups in total. The molecule has 2 unspecified atom stereocenters. The van der Waals surface area contributed by atoms with Gasteiger partial charge in [0.15, 0.2) is 0 Å². The first kappa shape index (κ1) is 20.2. The Kier molecular flexibility index (Phi) is 5.93. The molecule has 0 aromatic heterocycles. The quantitative estimate of drug-likeness (QED) is 0.773. The van der Waals surface area contributed by atoms with Crippen molar-refractivity contribution in [2.24, 2.45) is 0 Å². The molecule has 2 aromatic rings. The van der Waals surface area contributed by atoms with E-state index in [1.165, 1.54) is 12.1 Å². The number of nitrogens with one attached hydrogen (secondary N) is 1. The highest BCUT2D eigenvalue weighted by atomic mass is 19.4. The van der Waals surface area contributed by atoms with Crippen LogP contribution in [-0.2, 0) is 11.0 Å². The van der Waals surface area contributed by atoms with E-state index in [1.54, 1.807) is 24.3 Å². The van der Waals surface area contributed by atoms with E-state index >= 15 is 0 Å². The van der Waals surface area contributed by atoms with Crippen LogP contribution in [0.15, 0.2) is 48.5 Å². The number of alkyl halides is 3. The average Bonchev–Trinajstić information content (AvgIpc) is 2.64. The largest absolute Gasteiger partial charge is 0.480 e. The third kappa shape index (κ3) is 4.84. The van der Waals surface area contributed by atoms with Crippen LogP contribution in [0.5, 0.6) is 0 Å². The Balaban J connectivity index is 1.83. The number of carbonyl (C=O) groups is 1. The van der Waals surface area contributed by atoms with Gasteiger partial charge in [0, 0.05) is 29.9 Å². The second-order valence-electron chi connectivity index (χ2n) is 7.20. The minimum Gasteiger partial charge on any atom is -0.480 e. The Morgan fingerprint density at radius 2 is 1.93 bits per heavy atom. The molecule has 3 rings (SSSR count). The van der Waals surface area contributed by atoms with Crippen molar-refractivity contribution in [3.05, 3.63) is 54.1 Å². The predicted octanol–water partition coefficient (Wildman–Crippen LogP) is 4.72. The number of aliphatic carboxylic acids is 1. The van der Waals surface area contributed by atoms with Gasteiger partial charge in [0.05, 0.1) is 12.1 Å². The Bertz CT molecular complexity index is 824. The molecule has 1 heterocycles. The number of carboxylic acid groups (broad SMARTS) is 1. The number of hydrogen-bond acceptors (Lipinski definition) is 3. The molecule has 0 spiro atoms. The Labute approximate surface area is 162 Å². The number of likely N-dealkylation sites (tertiary alicyclic amines) is 1. The van der Waals surface area contributed by atoms with Gasteiger partial charge < -0.3 is 10.4 Å². The highest BCUT2D eigenvalue weighted by Crippen LogP contribution is 2.37. The third-order valence-corrected chi connectivity index (χ3v) is 5.14. The molecular weight excluding hydrogens is 369 g/mol. The molecule has 4 nitrogen and oxygen atoms in total.